The van der Waals surface area contributed by atoms with Crippen molar-refractivity contribution in [2.45, 2.75) is 38.5 Å². The van der Waals surface area contributed by atoms with E-state index in [2.05, 4.69) is 6.58 Å². The van der Waals surface area contributed by atoms with Crippen molar-refractivity contribution in [1.82, 2.24) is 0 Å². The fourth-order valence-corrected chi connectivity index (χ4v) is 3.74. The first-order valence-corrected chi connectivity index (χ1v) is 9.69. The van der Waals surface area contributed by atoms with Crippen LogP contribution in [0.1, 0.15) is 49.7 Å². The van der Waals surface area contributed by atoms with Crippen LogP contribution >= 0.6 is 0 Å². The van der Waals surface area contributed by atoms with E-state index in [0.29, 0.717) is 17.7 Å². The van der Waals surface area contributed by atoms with Gasteiger partial charge in [0, 0.05) is 0 Å². The first-order valence-electron chi connectivity index (χ1n) is 9.69. The molecule has 1 aliphatic rings. The molecule has 28 heavy (non-hydrogen) atoms. The molecule has 0 heterocycles. The summed E-state index contributed by atoms with van der Waals surface area (Å²) in [5.74, 6) is -1.70. The highest BCUT2D eigenvalue weighted by Gasteiger charge is 2.27. The normalized spacial score (nSPS) is 19.3. The first-order chi connectivity index (χ1) is 13.5. The molecule has 0 aromatic heterocycles. The predicted octanol–water partition coefficient (Wildman–Crippen LogP) is 6.50. The lowest BCUT2D eigenvalue weighted by atomic mass is 9.79. The number of halogens is 3. The molecule has 1 saturated carbocycles. The van der Waals surface area contributed by atoms with Crippen LogP contribution in [0.3, 0.4) is 0 Å². The maximum atomic E-state index is 14.4. The van der Waals surface area contributed by atoms with Crippen molar-refractivity contribution in [3.63, 3.8) is 0 Å². The standard InChI is InChI=1S/C23H25F3O2/c1-3-15-7-11-20(19(24)13-15)28-14-16-5-8-17(9-6-16)18-10-12-21(27-4-2)23(26)22(18)25/h3,7,10-13,16-17H,1,4-6,8-9,14H2,2H3. The molecule has 1 fully saturated rings. The fraction of sp³-hybridized carbons (Fsp3) is 0.391. The molecule has 2 aromatic rings. The van der Waals surface area contributed by atoms with Gasteiger partial charge in [-0.25, -0.2) is 8.78 Å². The Hall–Kier alpha value is -2.43. The topological polar surface area (TPSA) is 18.5 Å². The molecular formula is C23H25F3O2. The number of rotatable bonds is 7. The van der Waals surface area contributed by atoms with Gasteiger partial charge in [-0.2, -0.15) is 4.39 Å². The zero-order valence-corrected chi connectivity index (χ0v) is 16.0. The van der Waals surface area contributed by atoms with Crippen molar-refractivity contribution in [3.05, 3.63) is 65.5 Å². The Balaban J connectivity index is 1.56. The minimum atomic E-state index is -0.914. The quantitative estimate of drug-likeness (QED) is 0.537. The monoisotopic (exact) mass is 390 g/mol. The molecule has 3 rings (SSSR count). The maximum Gasteiger partial charge on any atom is 0.200 e. The van der Waals surface area contributed by atoms with E-state index in [-0.39, 0.29) is 29.9 Å². The highest BCUT2D eigenvalue weighted by atomic mass is 19.2. The molecule has 0 aliphatic heterocycles. The number of ether oxygens (including phenoxy) is 2. The Morgan fingerprint density at radius 2 is 1.68 bits per heavy atom. The number of hydrogen-bond donors (Lipinski definition) is 0. The fourth-order valence-electron chi connectivity index (χ4n) is 3.74. The molecule has 5 heteroatoms. The van der Waals surface area contributed by atoms with E-state index in [9.17, 15) is 13.2 Å². The highest BCUT2D eigenvalue weighted by molar-refractivity contribution is 5.48. The van der Waals surface area contributed by atoms with E-state index in [1.807, 2.05) is 0 Å². The molecule has 0 atom stereocenters. The van der Waals surface area contributed by atoms with Crippen LogP contribution < -0.4 is 9.47 Å². The first kappa shape index (κ1) is 20.3. The van der Waals surface area contributed by atoms with E-state index in [4.69, 9.17) is 9.47 Å². The smallest absolute Gasteiger partial charge is 0.200 e. The van der Waals surface area contributed by atoms with Crippen LogP contribution in [0.25, 0.3) is 6.08 Å². The van der Waals surface area contributed by atoms with Crippen molar-refractivity contribution in [1.29, 1.82) is 0 Å². The third-order valence-electron chi connectivity index (χ3n) is 5.33. The largest absolute Gasteiger partial charge is 0.491 e. The van der Waals surface area contributed by atoms with E-state index in [1.165, 1.54) is 12.1 Å². The number of hydrogen-bond acceptors (Lipinski definition) is 2. The van der Waals surface area contributed by atoms with Gasteiger partial charge >= 0.3 is 0 Å². The molecule has 0 spiro atoms. The second kappa shape index (κ2) is 9.18. The molecule has 0 bridgehead atoms. The predicted molar refractivity (Wildman–Crippen MR) is 104 cm³/mol. The van der Waals surface area contributed by atoms with Gasteiger partial charge in [0.25, 0.3) is 0 Å². The van der Waals surface area contributed by atoms with Gasteiger partial charge in [0.2, 0.25) is 5.82 Å². The average molecular weight is 390 g/mol. The molecule has 0 amide bonds. The summed E-state index contributed by atoms with van der Waals surface area (Å²) in [7, 11) is 0. The highest BCUT2D eigenvalue weighted by Crippen LogP contribution is 2.39. The van der Waals surface area contributed by atoms with Gasteiger partial charge in [0.15, 0.2) is 23.1 Å². The van der Waals surface area contributed by atoms with Crippen molar-refractivity contribution in [2.24, 2.45) is 5.92 Å². The van der Waals surface area contributed by atoms with Crippen molar-refractivity contribution < 1.29 is 22.6 Å². The minimum absolute atomic E-state index is 0.0231. The van der Waals surface area contributed by atoms with E-state index in [1.54, 1.807) is 31.2 Å². The van der Waals surface area contributed by atoms with Gasteiger partial charge in [-0.05, 0) is 73.8 Å². The second-order valence-electron chi connectivity index (χ2n) is 7.14. The summed E-state index contributed by atoms with van der Waals surface area (Å²) in [4.78, 5) is 0. The summed E-state index contributed by atoms with van der Waals surface area (Å²) >= 11 is 0. The van der Waals surface area contributed by atoms with Crippen LogP contribution in [-0.4, -0.2) is 13.2 Å². The van der Waals surface area contributed by atoms with Crippen molar-refractivity contribution in [3.8, 4) is 11.5 Å². The summed E-state index contributed by atoms with van der Waals surface area (Å²) in [5, 5.41) is 0. The molecule has 150 valence electrons. The molecular weight excluding hydrogens is 365 g/mol. The Morgan fingerprint density at radius 3 is 2.32 bits per heavy atom. The van der Waals surface area contributed by atoms with Gasteiger partial charge in [-0.1, -0.05) is 24.8 Å². The van der Waals surface area contributed by atoms with Crippen LogP contribution in [0.2, 0.25) is 0 Å². The Labute approximate surface area is 164 Å². The second-order valence-corrected chi connectivity index (χ2v) is 7.14. The molecule has 0 N–H and O–H groups in total. The molecule has 2 aromatic carbocycles. The Morgan fingerprint density at radius 1 is 0.964 bits per heavy atom. The summed E-state index contributed by atoms with van der Waals surface area (Å²) in [6.07, 6.45) is 4.72. The van der Waals surface area contributed by atoms with Crippen LogP contribution in [0.4, 0.5) is 13.2 Å². The SMILES string of the molecule is C=Cc1ccc(OCC2CCC(c3ccc(OCC)c(F)c3F)CC2)c(F)c1. The van der Waals surface area contributed by atoms with Crippen LogP contribution in [-0.2, 0) is 0 Å². The zero-order chi connectivity index (χ0) is 20.1. The molecule has 0 saturated heterocycles. The van der Waals surface area contributed by atoms with Crippen LogP contribution in [0, 0.1) is 23.4 Å². The molecule has 1 aliphatic carbocycles. The van der Waals surface area contributed by atoms with E-state index in [0.717, 1.165) is 25.7 Å². The molecule has 0 unspecified atom stereocenters. The lowest BCUT2D eigenvalue weighted by molar-refractivity contribution is 0.193. The van der Waals surface area contributed by atoms with Crippen molar-refractivity contribution in [2.75, 3.05) is 13.2 Å². The number of benzene rings is 2. The van der Waals surface area contributed by atoms with Crippen LogP contribution in [0.15, 0.2) is 36.9 Å². The van der Waals surface area contributed by atoms with Gasteiger partial charge in [-0.3, -0.25) is 0 Å². The van der Waals surface area contributed by atoms with Gasteiger partial charge in [0.1, 0.15) is 0 Å². The van der Waals surface area contributed by atoms with Gasteiger partial charge in [0.05, 0.1) is 13.2 Å². The average Bonchev–Trinajstić information content (AvgIpc) is 2.71. The summed E-state index contributed by atoms with van der Waals surface area (Å²) in [6.45, 7) is 6.05. The summed E-state index contributed by atoms with van der Waals surface area (Å²) in [6, 6.07) is 7.88. The Kier molecular flexibility index (Phi) is 6.65. The lowest BCUT2D eigenvalue weighted by Gasteiger charge is -2.29. The zero-order valence-electron chi connectivity index (χ0n) is 16.0. The van der Waals surface area contributed by atoms with Gasteiger partial charge < -0.3 is 9.47 Å². The van der Waals surface area contributed by atoms with E-state index >= 15 is 0 Å². The Bertz CT molecular complexity index is 827. The van der Waals surface area contributed by atoms with Gasteiger partial charge in [-0.15, -0.1) is 0 Å². The third-order valence-corrected chi connectivity index (χ3v) is 5.33. The van der Waals surface area contributed by atoms with Crippen LogP contribution in [0.5, 0.6) is 11.5 Å². The summed E-state index contributed by atoms with van der Waals surface area (Å²) < 4.78 is 53.3. The lowest BCUT2D eigenvalue weighted by Crippen LogP contribution is -2.20. The minimum Gasteiger partial charge on any atom is -0.491 e. The summed E-state index contributed by atoms with van der Waals surface area (Å²) in [5.41, 5.74) is 1.11. The molecule has 0 radical (unpaired) electrons. The third kappa shape index (κ3) is 4.51. The van der Waals surface area contributed by atoms with E-state index < -0.39 is 17.5 Å². The maximum absolute atomic E-state index is 14.4. The van der Waals surface area contributed by atoms with Crippen molar-refractivity contribution >= 4 is 6.08 Å². The molecule has 2 nitrogen and oxygen atoms in total.